The predicted octanol–water partition coefficient (Wildman–Crippen LogP) is 2.39. The number of aromatic nitrogens is 1. The normalized spacial score (nSPS) is 16.4. The summed E-state index contributed by atoms with van der Waals surface area (Å²) in [7, 11) is 3.95. The number of anilines is 2. The molecular weight excluding hydrogens is 456 g/mol. The van der Waals surface area contributed by atoms with E-state index in [9.17, 15) is 15.2 Å². The summed E-state index contributed by atoms with van der Waals surface area (Å²) in [4.78, 5) is 25.1. The van der Waals surface area contributed by atoms with Crippen LogP contribution in [0.4, 0.5) is 11.4 Å². The number of nitriles is 1. The fraction of sp³-hybridized carbons (Fsp3) is 0.444. The first-order valence-electron chi connectivity index (χ1n) is 12.3. The number of carbonyl (C=O) groups is 1. The summed E-state index contributed by atoms with van der Waals surface area (Å²) >= 11 is 0. The number of benzene rings is 1. The first kappa shape index (κ1) is 25.3. The van der Waals surface area contributed by atoms with Crippen LogP contribution >= 0.6 is 0 Å². The molecule has 1 aromatic carbocycles. The minimum Gasteiger partial charge on any atom is -0.506 e. The molecule has 1 atom stereocenters. The van der Waals surface area contributed by atoms with Crippen LogP contribution < -0.4 is 14.5 Å². The SMILES string of the molecule is C=CC(=O)N1CCN(c2c(C#N)c(OC(C)CN(C)C)nc3c2CCN(c2ccccc2O)C3)CC1. The third kappa shape index (κ3) is 5.24. The van der Waals surface area contributed by atoms with E-state index in [0.717, 1.165) is 22.6 Å². The van der Waals surface area contributed by atoms with Crippen LogP contribution in [0.5, 0.6) is 11.6 Å². The molecule has 36 heavy (non-hydrogen) atoms. The molecule has 3 heterocycles. The number of ether oxygens (including phenoxy) is 1. The van der Waals surface area contributed by atoms with Gasteiger partial charge in [0, 0.05) is 44.8 Å². The van der Waals surface area contributed by atoms with E-state index in [1.807, 2.05) is 38.1 Å². The second-order valence-electron chi connectivity index (χ2n) is 9.55. The van der Waals surface area contributed by atoms with E-state index >= 15 is 0 Å². The number of fused-ring (bicyclic) bond motifs is 1. The van der Waals surface area contributed by atoms with Gasteiger partial charge >= 0.3 is 0 Å². The predicted molar refractivity (Wildman–Crippen MR) is 139 cm³/mol. The molecule has 1 fully saturated rings. The van der Waals surface area contributed by atoms with E-state index in [1.54, 1.807) is 17.0 Å². The van der Waals surface area contributed by atoms with Crippen LogP contribution in [0.25, 0.3) is 0 Å². The first-order valence-corrected chi connectivity index (χ1v) is 12.3. The van der Waals surface area contributed by atoms with Gasteiger partial charge in [0.05, 0.1) is 23.6 Å². The number of rotatable bonds is 7. The number of nitrogens with zero attached hydrogens (tertiary/aromatic N) is 6. The van der Waals surface area contributed by atoms with Crippen molar-refractivity contribution in [1.29, 1.82) is 5.26 Å². The Hall–Kier alpha value is -3.77. The van der Waals surface area contributed by atoms with Crippen LogP contribution in [0.15, 0.2) is 36.9 Å². The molecule has 2 aliphatic heterocycles. The van der Waals surface area contributed by atoms with Gasteiger partial charge in [0.2, 0.25) is 11.8 Å². The molecule has 1 N–H and O–H groups in total. The van der Waals surface area contributed by atoms with Crippen molar-refractivity contribution in [1.82, 2.24) is 14.8 Å². The van der Waals surface area contributed by atoms with Crippen molar-refractivity contribution in [2.24, 2.45) is 0 Å². The van der Waals surface area contributed by atoms with Crippen molar-refractivity contribution in [2.45, 2.75) is 26.0 Å². The summed E-state index contributed by atoms with van der Waals surface area (Å²) in [5.74, 6) is 0.491. The van der Waals surface area contributed by atoms with Crippen LogP contribution in [0.2, 0.25) is 0 Å². The second-order valence-corrected chi connectivity index (χ2v) is 9.55. The van der Waals surface area contributed by atoms with Gasteiger partial charge < -0.3 is 29.4 Å². The molecule has 0 aliphatic carbocycles. The Morgan fingerprint density at radius 2 is 1.97 bits per heavy atom. The highest BCUT2D eigenvalue weighted by Gasteiger charge is 2.31. The molecule has 2 aliphatic rings. The Balaban J connectivity index is 1.73. The van der Waals surface area contributed by atoms with Gasteiger partial charge in [-0.3, -0.25) is 4.79 Å². The molecular formula is C27H34N6O3. The first-order chi connectivity index (χ1) is 17.3. The largest absolute Gasteiger partial charge is 0.506 e. The Morgan fingerprint density at radius 3 is 2.61 bits per heavy atom. The number of hydrogen-bond acceptors (Lipinski definition) is 8. The molecule has 190 valence electrons. The molecule has 0 spiro atoms. The third-order valence-corrected chi connectivity index (χ3v) is 6.65. The van der Waals surface area contributed by atoms with Crippen LogP contribution in [-0.2, 0) is 17.8 Å². The van der Waals surface area contributed by atoms with Crippen molar-refractivity contribution < 1.29 is 14.6 Å². The average molecular weight is 491 g/mol. The molecule has 9 nitrogen and oxygen atoms in total. The number of aromatic hydroxyl groups is 1. The van der Waals surface area contributed by atoms with Gasteiger partial charge in [-0.2, -0.15) is 5.26 Å². The summed E-state index contributed by atoms with van der Waals surface area (Å²) in [6.07, 6.45) is 1.86. The van der Waals surface area contributed by atoms with E-state index < -0.39 is 0 Å². The lowest BCUT2D eigenvalue weighted by Crippen LogP contribution is -2.49. The topological polar surface area (TPSA) is 96.2 Å². The fourth-order valence-electron chi connectivity index (χ4n) is 5.03. The molecule has 2 aromatic rings. The second kappa shape index (κ2) is 10.9. The monoisotopic (exact) mass is 490 g/mol. The number of phenolic OH excluding ortho intramolecular Hbond substituents is 1. The molecule has 0 bridgehead atoms. The van der Waals surface area contributed by atoms with Crippen LogP contribution in [0, 0.1) is 11.3 Å². The van der Waals surface area contributed by atoms with Gasteiger partial charge in [-0.15, -0.1) is 0 Å². The molecule has 4 rings (SSSR count). The maximum atomic E-state index is 12.1. The highest BCUT2D eigenvalue weighted by Crippen LogP contribution is 2.39. The number of likely N-dealkylation sites (N-methyl/N-ethyl adjacent to an activating group) is 1. The number of para-hydroxylation sites is 2. The fourth-order valence-corrected chi connectivity index (χ4v) is 5.03. The number of piperazine rings is 1. The van der Waals surface area contributed by atoms with E-state index in [-0.39, 0.29) is 17.8 Å². The minimum atomic E-state index is -0.162. The lowest BCUT2D eigenvalue weighted by atomic mass is 9.97. The number of amides is 1. The van der Waals surface area contributed by atoms with Gasteiger partial charge in [-0.05, 0) is 45.6 Å². The highest BCUT2D eigenvalue weighted by molar-refractivity contribution is 5.87. The third-order valence-electron chi connectivity index (χ3n) is 6.65. The molecule has 9 heteroatoms. The van der Waals surface area contributed by atoms with Crippen molar-refractivity contribution >= 4 is 17.3 Å². The van der Waals surface area contributed by atoms with E-state index in [2.05, 4.69) is 22.4 Å². The number of hydrogen-bond donors (Lipinski definition) is 1. The maximum absolute atomic E-state index is 12.1. The Kier molecular flexibility index (Phi) is 7.65. The number of pyridine rings is 1. The Bertz CT molecular complexity index is 1170. The van der Waals surface area contributed by atoms with Gasteiger partial charge in [0.1, 0.15) is 23.5 Å². The number of carbonyl (C=O) groups excluding carboxylic acids is 1. The van der Waals surface area contributed by atoms with Crippen molar-refractivity contribution in [3.63, 3.8) is 0 Å². The van der Waals surface area contributed by atoms with Gasteiger partial charge in [0.25, 0.3) is 0 Å². The standard InChI is InChI=1S/C27H34N6O3/c1-5-25(35)31-12-14-32(15-13-31)26-20-10-11-33(23-8-6-7-9-24(23)34)18-22(20)29-27(21(26)16-28)36-19(2)17-30(3)4/h5-9,19,34H,1,10-15,17-18H2,2-4H3. The molecule has 0 saturated carbocycles. The molecule has 1 saturated heterocycles. The molecule has 1 unspecified atom stereocenters. The summed E-state index contributed by atoms with van der Waals surface area (Å²) in [5.41, 5.74) is 3.94. The quantitative estimate of drug-likeness (QED) is 0.591. The Labute approximate surface area is 212 Å². The van der Waals surface area contributed by atoms with Crippen molar-refractivity contribution in [3.05, 3.63) is 53.7 Å². The number of phenols is 1. The highest BCUT2D eigenvalue weighted by atomic mass is 16.5. The lowest BCUT2D eigenvalue weighted by Gasteiger charge is -2.39. The average Bonchev–Trinajstić information content (AvgIpc) is 2.87. The van der Waals surface area contributed by atoms with Crippen LogP contribution in [0.1, 0.15) is 23.7 Å². The van der Waals surface area contributed by atoms with Crippen LogP contribution in [-0.4, -0.2) is 85.3 Å². The zero-order valence-corrected chi connectivity index (χ0v) is 21.3. The van der Waals surface area contributed by atoms with Crippen molar-refractivity contribution in [2.75, 3.05) is 63.2 Å². The zero-order valence-electron chi connectivity index (χ0n) is 21.3. The van der Waals surface area contributed by atoms with Crippen LogP contribution in [0.3, 0.4) is 0 Å². The lowest BCUT2D eigenvalue weighted by molar-refractivity contribution is -0.126. The summed E-state index contributed by atoms with van der Waals surface area (Å²) < 4.78 is 6.24. The summed E-state index contributed by atoms with van der Waals surface area (Å²) in [6, 6.07) is 9.67. The maximum Gasteiger partial charge on any atom is 0.246 e. The van der Waals surface area contributed by atoms with Crippen molar-refractivity contribution in [3.8, 4) is 17.7 Å². The van der Waals surface area contributed by atoms with Gasteiger partial charge in [-0.1, -0.05) is 18.7 Å². The summed E-state index contributed by atoms with van der Waals surface area (Å²) in [5, 5.41) is 20.7. The molecule has 1 amide bonds. The Morgan fingerprint density at radius 1 is 1.25 bits per heavy atom. The van der Waals surface area contributed by atoms with E-state index in [0.29, 0.717) is 63.7 Å². The minimum absolute atomic E-state index is 0.0771. The zero-order chi connectivity index (χ0) is 25.8. The van der Waals surface area contributed by atoms with Gasteiger partial charge in [0.15, 0.2) is 0 Å². The molecule has 1 aromatic heterocycles. The van der Waals surface area contributed by atoms with Gasteiger partial charge in [-0.25, -0.2) is 4.98 Å². The molecule has 0 radical (unpaired) electrons. The van der Waals surface area contributed by atoms with E-state index in [4.69, 9.17) is 9.72 Å². The van der Waals surface area contributed by atoms with E-state index in [1.165, 1.54) is 6.08 Å². The summed E-state index contributed by atoms with van der Waals surface area (Å²) in [6.45, 7) is 9.78. The smallest absolute Gasteiger partial charge is 0.246 e.